The van der Waals surface area contributed by atoms with E-state index in [0.29, 0.717) is 17.2 Å². The Morgan fingerprint density at radius 1 is 1.19 bits per heavy atom. The Morgan fingerprint density at radius 2 is 1.95 bits per heavy atom. The van der Waals surface area contributed by atoms with Gasteiger partial charge in [-0.25, -0.2) is 13.1 Å². The normalized spacial score (nSPS) is 17.2. The molecule has 0 bridgehead atoms. The van der Waals surface area contributed by atoms with Crippen LogP contribution in [0.2, 0.25) is 0 Å². The first-order chi connectivity index (χ1) is 10.0. The average molecular weight is 310 g/mol. The molecule has 7 heteroatoms. The van der Waals surface area contributed by atoms with Crippen LogP contribution in [0, 0.1) is 6.92 Å². The first-order valence-corrected chi connectivity index (χ1v) is 8.59. The van der Waals surface area contributed by atoms with Crippen molar-refractivity contribution in [1.29, 1.82) is 0 Å². The van der Waals surface area contributed by atoms with Gasteiger partial charge in [0, 0.05) is 12.1 Å². The van der Waals surface area contributed by atoms with Gasteiger partial charge in [-0.3, -0.25) is 0 Å². The van der Waals surface area contributed by atoms with E-state index in [1.54, 1.807) is 19.1 Å². The zero-order valence-corrected chi connectivity index (χ0v) is 12.6. The molecule has 1 N–H and O–H groups in total. The zero-order valence-electron chi connectivity index (χ0n) is 11.8. The molecule has 1 aliphatic rings. The van der Waals surface area contributed by atoms with Crippen molar-refractivity contribution in [1.82, 2.24) is 9.88 Å². The highest BCUT2D eigenvalue weighted by Crippen LogP contribution is 2.26. The van der Waals surface area contributed by atoms with Gasteiger partial charge < -0.3 is 8.94 Å². The molecule has 1 saturated carbocycles. The predicted octanol–water partition coefficient (Wildman–Crippen LogP) is 2.85. The Labute approximate surface area is 123 Å². The molecule has 1 fully saturated rings. The Morgan fingerprint density at radius 3 is 2.62 bits per heavy atom. The van der Waals surface area contributed by atoms with Gasteiger partial charge in [0.15, 0.2) is 5.76 Å². The maximum atomic E-state index is 12.3. The number of furan rings is 1. The van der Waals surface area contributed by atoms with Gasteiger partial charge in [0.25, 0.3) is 10.0 Å². The molecule has 0 saturated heterocycles. The molecular formula is C14H18N2O4S. The molecule has 0 amide bonds. The molecule has 0 unspecified atom stereocenters. The van der Waals surface area contributed by atoms with Gasteiger partial charge in [0.2, 0.25) is 10.9 Å². The van der Waals surface area contributed by atoms with Gasteiger partial charge in [-0.2, -0.15) is 0 Å². The topological polar surface area (TPSA) is 85.3 Å². The predicted molar refractivity (Wildman–Crippen MR) is 76.1 cm³/mol. The van der Waals surface area contributed by atoms with Gasteiger partial charge in [-0.05, 0) is 31.9 Å². The molecule has 2 aromatic heterocycles. The van der Waals surface area contributed by atoms with E-state index in [9.17, 15) is 8.42 Å². The van der Waals surface area contributed by atoms with E-state index in [4.69, 9.17) is 8.94 Å². The van der Waals surface area contributed by atoms with E-state index in [2.05, 4.69) is 9.88 Å². The molecule has 0 spiro atoms. The van der Waals surface area contributed by atoms with Crippen molar-refractivity contribution in [3.05, 3.63) is 23.9 Å². The van der Waals surface area contributed by atoms with Gasteiger partial charge in [0.1, 0.15) is 0 Å². The fourth-order valence-electron chi connectivity index (χ4n) is 2.57. The van der Waals surface area contributed by atoms with E-state index in [-0.39, 0.29) is 11.1 Å². The largest absolute Gasteiger partial charge is 0.440 e. The van der Waals surface area contributed by atoms with Crippen LogP contribution >= 0.6 is 0 Å². The molecule has 1 aliphatic carbocycles. The number of rotatable bonds is 4. The summed E-state index contributed by atoms with van der Waals surface area (Å²) in [5, 5.41) is 3.67. The summed E-state index contributed by atoms with van der Waals surface area (Å²) in [5.41, 5.74) is 0.714. The summed E-state index contributed by atoms with van der Waals surface area (Å²) in [6.07, 6.45) is 5.07. The number of nitrogens with zero attached hydrogens (tertiary/aromatic N) is 1. The lowest BCUT2D eigenvalue weighted by molar-refractivity contribution is 0.388. The van der Waals surface area contributed by atoms with Gasteiger partial charge in [-0.15, -0.1) is 0 Å². The van der Waals surface area contributed by atoms with Crippen LogP contribution in [0.4, 0.5) is 0 Å². The van der Waals surface area contributed by atoms with Crippen molar-refractivity contribution in [3.8, 4) is 11.5 Å². The van der Waals surface area contributed by atoms with Crippen LogP contribution < -0.4 is 4.72 Å². The molecule has 2 aromatic rings. The van der Waals surface area contributed by atoms with Crippen molar-refractivity contribution in [2.45, 2.75) is 50.2 Å². The Bertz CT molecular complexity index is 711. The Kier molecular flexibility index (Phi) is 3.86. The maximum absolute atomic E-state index is 12.3. The van der Waals surface area contributed by atoms with Crippen LogP contribution in [-0.2, 0) is 10.0 Å². The Balaban J connectivity index is 1.78. The first-order valence-electron chi connectivity index (χ1n) is 7.10. The molecule has 114 valence electrons. The summed E-state index contributed by atoms with van der Waals surface area (Å²) in [4.78, 5) is 0. The molecule has 21 heavy (non-hydrogen) atoms. The highest BCUT2D eigenvalue weighted by molar-refractivity contribution is 7.89. The molecule has 0 radical (unpaired) electrons. The molecule has 3 rings (SSSR count). The number of aromatic nitrogens is 1. The summed E-state index contributed by atoms with van der Waals surface area (Å²) in [6, 6.07) is 4.72. The van der Waals surface area contributed by atoms with E-state index in [1.165, 1.54) is 12.5 Å². The summed E-state index contributed by atoms with van der Waals surface area (Å²) >= 11 is 0. The molecule has 6 nitrogen and oxygen atoms in total. The lowest BCUT2D eigenvalue weighted by Gasteiger charge is -2.21. The molecule has 2 heterocycles. The molecule has 0 aromatic carbocycles. The van der Waals surface area contributed by atoms with Crippen molar-refractivity contribution < 1.29 is 17.4 Å². The lowest BCUT2D eigenvalue weighted by atomic mass is 9.96. The second-order valence-corrected chi connectivity index (χ2v) is 7.05. The number of hydrogen-bond acceptors (Lipinski definition) is 5. The number of hydrogen-bond donors (Lipinski definition) is 1. The van der Waals surface area contributed by atoms with E-state index in [1.807, 2.05) is 0 Å². The average Bonchev–Trinajstić information content (AvgIpc) is 3.08. The highest BCUT2D eigenvalue weighted by atomic mass is 32.2. The summed E-state index contributed by atoms with van der Waals surface area (Å²) < 4.78 is 37.8. The third-order valence-corrected chi connectivity index (χ3v) is 5.04. The third kappa shape index (κ3) is 3.19. The third-order valence-electron chi connectivity index (χ3n) is 3.64. The van der Waals surface area contributed by atoms with Gasteiger partial charge >= 0.3 is 0 Å². The van der Waals surface area contributed by atoms with Gasteiger partial charge in [0.05, 0.1) is 5.69 Å². The zero-order chi connectivity index (χ0) is 14.9. The summed E-state index contributed by atoms with van der Waals surface area (Å²) in [7, 11) is -3.62. The van der Waals surface area contributed by atoms with Crippen LogP contribution in [0.25, 0.3) is 11.5 Å². The number of sulfonamides is 1. The van der Waals surface area contributed by atoms with E-state index in [0.717, 1.165) is 25.7 Å². The van der Waals surface area contributed by atoms with Crippen LogP contribution in [0.1, 0.15) is 37.8 Å². The standard InChI is InChI=1S/C14H18N2O4S/c1-10-9-13(20-15-10)12-7-8-14(19-12)21(17,18)16-11-5-3-2-4-6-11/h7-9,11,16H,2-6H2,1H3. The van der Waals surface area contributed by atoms with Crippen molar-refractivity contribution in [3.63, 3.8) is 0 Å². The minimum Gasteiger partial charge on any atom is -0.440 e. The second kappa shape index (κ2) is 5.65. The summed E-state index contributed by atoms with van der Waals surface area (Å²) in [5.74, 6) is 0.784. The second-order valence-electron chi connectivity index (χ2n) is 5.41. The van der Waals surface area contributed by atoms with E-state index >= 15 is 0 Å². The number of aryl methyl sites for hydroxylation is 1. The first kappa shape index (κ1) is 14.3. The van der Waals surface area contributed by atoms with Crippen LogP contribution in [0.15, 0.2) is 32.2 Å². The fourth-order valence-corrected chi connectivity index (χ4v) is 3.81. The minimum absolute atomic E-state index is 0.00447. The van der Waals surface area contributed by atoms with Crippen molar-refractivity contribution in [2.75, 3.05) is 0 Å². The van der Waals surface area contributed by atoms with Crippen LogP contribution in [0.3, 0.4) is 0 Å². The highest BCUT2D eigenvalue weighted by Gasteiger charge is 2.25. The van der Waals surface area contributed by atoms with Gasteiger partial charge in [-0.1, -0.05) is 24.4 Å². The monoisotopic (exact) mass is 310 g/mol. The van der Waals surface area contributed by atoms with Crippen LogP contribution in [0.5, 0.6) is 0 Å². The van der Waals surface area contributed by atoms with Crippen molar-refractivity contribution >= 4 is 10.0 Å². The smallest absolute Gasteiger partial charge is 0.274 e. The van der Waals surface area contributed by atoms with Crippen molar-refractivity contribution in [2.24, 2.45) is 0 Å². The maximum Gasteiger partial charge on any atom is 0.274 e. The fraction of sp³-hybridized carbons (Fsp3) is 0.500. The Hall–Kier alpha value is -1.60. The molecule has 0 atom stereocenters. The summed E-state index contributed by atoms with van der Waals surface area (Å²) in [6.45, 7) is 1.79. The molecular weight excluding hydrogens is 292 g/mol. The SMILES string of the molecule is Cc1cc(-c2ccc(S(=O)(=O)NC3CCCCC3)o2)on1. The van der Waals surface area contributed by atoms with E-state index < -0.39 is 10.0 Å². The molecule has 0 aliphatic heterocycles. The minimum atomic E-state index is -3.62. The number of nitrogens with one attached hydrogen (secondary N) is 1. The quantitative estimate of drug-likeness (QED) is 0.938. The van der Waals surface area contributed by atoms with Crippen LogP contribution in [-0.4, -0.2) is 19.6 Å². The lowest BCUT2D eigenvalue weighted by Crippen LogP contribution is -2.35.